The zero-order valence-corrected chi connectivity index (χ0v) is 10.2. The third-order valence-corrected chi connectivity index (χ3v) is 2.64. The second-order valence-corrected chi connectivity index (χ2v) is 4.05. The molecule has 0 aliphatic rings. The van der Waals surface area contributed by atoms with Crippen LogP contribution in [-0.4, -0.2) is 17.1 Å². The molecule has 0 amide bonds. The molecule has 16 heavy (non-hydrogen) atoms. The summed E-state index contributed by atoms with van der Waals surface area (Å²) in [7, 11) is 1.61. The molecule has 0 radical (unpaired) electrons. The Morgan fingerprint density at radius 2 is 2.00 bits per heavy atom. The number of aromatic nitrogens is 2. The fraction of sp³-hybridized carbons (Fsp3) is 0.0909. The number of nitrogens with two attached hydrogens (primary N) is 1. The highest BCUT2D eigenvalue weighted by Gasteiger charge is 2.11. The lowest BCUT2D eigenvalue weighted by molar-refractivity contribution is 0.416. The Hall–Kier alpha value is -1.62. The van der Waals surface area contributed by atoms with Gasteiger partial charge in [0.25, 0.3) is 0 Å². The maximum absolute atomic E-state index is 5.78. The SMILES string of the molecule is COc1ccc(Br)cc1-c1nccnc1N. The molecule has 0 aliphatic heterocycles. The lowest BCUT2D eigenvalue weighted by Crippen LogP contribution is -1.97. The molecule has 0 saturated carbocycles. The zero-order chi connectivity index (χ0) is 11.5. The second-order valence-electron chi connectivity index (χ2n) is 3.13. The largest absolute Gasteiger partial charge is 0.496 e. The van der Waals surface area contributed by atoms with Crippen molar-refractivity contribution in [3.05, 3.63) is 35.1 Å². The maximum atomic E-state index is 5.78. The Kier molecular flexibility index (Phi) is 3.05. The third-order valence-electron chi connectivity index (χ3n) is 2.14. The highest BCUT2D eigenvalue weighted by Crippen LogP contribution is 2.33. The van der Waals surface area contributed by atoms with Crippen molar-refractivity contribution in [3.63, 3.8) is 0 Å². The van der Waals surface area contributed by atoms with Crippen LogP contribution in [0.1, 0.15) is 0 Å². The van der Waals surface area contributed by atoms with Crippen LogP contribution in [0.2, 0.25) is 0 Å². The average molecular weight is 280 g/mol. The molecule has 1 heterocycles. The lowest BCUT2D eigenvalue weighted by Gasteiger charge is -2.09. The van der Waals surface area contributed by atoms with Crippen molar-refractivity contribution < 1.29 is 4.74 Å². The summed E-state index contributed by atoms with van der Waals surface area (Å²) in [6, 6.07) is 5.65. The van der Waals surface area contributed by atoms with Crippen molar-refractivity contribution in [2.75, 3.05) is 12.8 Å². The molecule has 0 atom stereocenters. The Bertz CT molecular complexity index is 516. The number of halogens is 1. The van der Waals surface area contributed by atoms with E-state index in [2.05, 4.69) is 25.9 Å². The molecular formula is C11H10BrN3O. The van der Waals surface area contributed by atoms with Gasteiger partial charge in [-0.2, -0.15) is 0 Å². The minimum absolute atomic E-state index is 0.388. The third kappa shape index (κ3) is 1.99. The van der Waals surface area contributed by atoms with E-state index >= 15 is 0 Å². The molecule has 82 valence electrons. The number of nitrogens with zero attached hydrogens (tertiary/aromatic N) is 2. The average Bonchev–Trinajstić information content (AvgIpc) is 2.29. The van der Waals surface area contributed by atoms with Crippen molar-refractivity contribution >= 4 is 21.7 Å². The van der Waals surface area contributed by atoms with E-state index in [1.54, 1.807) is 19.5 Å². The van der Waals surface area contributed by atoms with E-state index in [4.69, 9.17) is 10.5 Å². The van der Waals surface area contributed by atoms with E-state index in [9.17, 15) is 0 Å². The predicted molar refractivity (Wildman–Crippen MR) is 66.1 cm³/mol. The molecule has 1 aromatic carbocycles. The first-order valence-corrected chi connectivity index (χ1v) is 5.42. The maximum Gasteiger partial charge on any atom is 0.150 e. The van der Waals surface area contributed by atoms with Gasteiger partial charge in [-0.1, -0.05) is 15.9 Å². The van der Waals surface area contributed by atoms with Crippen LogP contribution in [0.5, 0.6) is 5.75 Å². The number of hydrogen-bond acceptors (Lipinski definition) is 4. The Morgan fingerprint density at radius 3 is 2.69 bits per heavy atom. The predicted octanol–water partition coefficient (Wildman–Crippen LogP) is 2.50. The monoisotopic (exact) mass is 279 g/mol. The minimum Gasteiger partial charge on any atom is -0.496 e. The van der Waals surface area contributed by atoms with Gasteiger partial charge in [0.15, 0.2) is 0 Å². The van der Waals surface area contributed by atoms with Crippen molar-refractivity contribution in [1.29, 1.82) is 0 Å². The molecule has 0 spiro atoms. The summed E-state index contributed by atoms with van der Waals surface area (Å²) < 4.78 is 6.20. The van der Waals surface area contributed by atoms with Gasteiger partial charge in [-0.3, -0.25) is 4.98 Å². The quantitative estimate of drug-likeness (QED) is 0.918. The molecule has 2 rings (SSSR count). The number of nitrogen functional groups attached to an aromatic ring is 1. The highest BCUT2D eigenvalue weighted by molar-refractivity contribution is 9.10. The zero-order valence-electron chi connectivity index (χ0n) is 8.64. The van der Waals surface area contributed by atoms with Gasteiger partial charge >= 0.3 is 0 Å². The molecule has 0 saturated heterocycles. The van der Waals surface area contributed by atoms with Crippen LogP contribution in [0.25, 0.3) is 11.3 Å². The van der Waals surface area contributed by atoms with Crippen LogP contribution in [0.4, 0.5) is 5.82 Å². The van der Waals surface area contributed by atoms with Crippen molar-refractivity contribution in [1.82, 2.24) is 9.97 Å². The minimum atomic E-state index is 0.388. The lowest BCUT2D eigenvalue weighted by atomic mass is 10.1. The fourth-order valence-electron chi connectivity index (χ4n) is 1.42. The smallest absolute Gasteiger partial charge is 0.150 e. The van der Waals surface area contributed by atoms with Gasteiger partial charge in [-0.15, -0.1) is 0 Å². The first kappa shape index (κ1) is 10.9. The summed E-state index contributed by atoms with van der Waals surface area (Å²) in [5.41, 5.74) is 7.23. The van der Waals surface area contributed by atoms with E-state index in [0.29, 0.717) is 11.5 Å². The topological polar surface area (TPSA) is 61.0 Å². The number of methoxy groups -OCH3 is 1. The number of anilines is 1. The Balaban J connectivity index is 2.63. The van der Waals surface area contributed by atoms with E-state index in [1.165, 1.54) is 0 Å². The normalized spacial score (nSPS) is 10.1. The van der Waals surface area contributed by atoms with Crippen molar-refractivity contribution in [2.45, 2.75) is 0 Å². The number of hydrogen-bond donors (Lipinski definition) is 1. The van der Waals surface area contributed by atoms with Crippen LogP contribution >= 0.6 is 15.9 Å². The summed E-state index contributed by atoms with van der Waals surface area (Å²) in [6.07, 6.45) is 3.16. The van der Waals surface area contributed by atoms with Crippen LogP contribution < -0.4 is 10.5 Å². The van der Waals surface area contributed by atoms with Crippen LogP contribution in [0.3, 0.4) is 0 Å². The van der Waals surface area contributed by atoms with E-state index in [1.807, 2.05) is 18.2 Å². The van der Waals surface area contributed by atoms with Gasteiger partial charge in [0.2, 0.25) is 0 Å². The van der Waals surface area contributed by atoms with Crippen molar-refractivity contribution in [3.8, 4) is 17.0 Å². The second kappa shape index (κ2) is 4.49. The molecule has 0 bridgehead atoms. The van der Waals surface area contributed by atoms with Gasteiger partial charge in [0, 0.05) is 22.4 Å². The number of benzene rings is 1. The first-order chi connectivity index (χ1) is 7.72. The number of rotatable bonds is 2. The summed E-state index contributed by atoms with van der Waals surface area (Å²) >= 11 is 3.40. The Morgan fingerprint density at radius 1 is 1.25 bits per heavy atom. The van der Waals surface area contributed by atoms with E-state index in [0.717, 1.165) is 15.8 Å². The number of ether oxygens (including phenoxy) is 1. The molecule has 2 aromatic rings. The summed E-state index contributed by atoms with van der Waals surface area (Å²) in [5.74, 6) is 1.11. The summed E-state index contributed by atoms with van der Waals surface area (Å²) in [6.45, 7) is 0. The molecule has 4 nitrogen and oxygen atoms in total. The summed E-state index contributed by atoms with van der Waals surface area (Å²) in [5, 5.41) is 0. The van der Waals surface area contributed by atoms with Gasteiger partial charge < -0.3 is 10.5 Å². The van der Waals surface area contributed by atoms with Gasteiger partial charge in [0.05, 0.1) is 7.11 Å². The molecule has 0 fully saturated rings. The molecule has 5 heteroatoms. The van der Waals surface area contributed by atoms with Gasteiger partial charge in [-0.05, 0) is 18.2 Å². The van der Waals surface area contributed by atoms with Crippen LogP contribution in [0, 0.1) is 0 Å². The first-order valence-electron chi connectivity index (χ1n) is 4.63. The fourth-order valence-corrected chi connectivity index (χ4v) is 1.78. The molecule has 0 aliphatic carbocycles. The van der Waals surface area contributed by atoms with Gasteiger partial charge in [-0.25, -0.2) is 4.98 Å². The molecule has 1 aromatic heterocycles. The van der Waals surface area contributed by atoms with Crippen molar-refractivity contribution in [2.24, 2.45) is 0 Å². The van der Waals surface area contributed by atoms with Gasteiger partial charge in [0.1, 0.15) is 17.3 Å². The van der Waals surface area contributed by atoms with Crippen LogP contribution in [-0.2, 0) is 0 Å². The molecule has 0 unspecified atom stereocenters. The molecule has 2 N–H and O–H groups in total. The van der Waals surface area contributed by atoms with Crippen LogP contribution in [0.15, 0.2) is 35.1 Å². The highest BCUT2D eigenvalue weighted by atomic mass is 79.9. The van der Waals surface area contributed by atoms with E-state index < -0.39 is 0 Å². The standard InChI is InChI=1S/C11H10BrN3O/c1-16-9-3-2-7(12)6-8(9)10-11(13)15-5-4-14-10/h2-6H,1H3,(H2,13,15). The Labute approximate surface area is 102 Å². The summed E-state index contributed by atoms with van der Waals surface area (Å²) in [4.78, 5) is 8.21. The van der Waals surface area contributed by atoms with E-state index in [-0.39, 0.29) is 0 Å². The molecular weight excluding hydrogens is 270 g/mol.